The van der Waals surface area contributed by atoms with Crippen LogP contribution in [-0.2, 0) is 0 Å². The number of nitrogens with one attached hydrogen (secondary N) is 1. The van der Waals surface area contributed by atoms with Gasteiger partial charge >= 0.3 is 0 Å². The SMILES string of the molecule is CC/C(C)=N/Nc1nc2c(N3CCN(C(=O)c4ccc(Cl)c(Cl)c4)CC3)c(Cl)ccc2s1. The number of fused-ring (bicyclic) bond motifs is 1. The van der Waals surface area contributed by atoms with Gasteiger partial charge in [0.15, 0.2) is 0 Å². The van der Waals surface area contributed by atoms with Crippen LogP contribution in [0.2, 0.25) is 15.1 Å². The Bertz CT molecular complexity index is 1190. The summed E-state index contributed by atoms with van der Waals surface area (Å²) in [5, 5.41) is 6.53. The number of rotatable bonds is 5. The fourth-order valence-electron chi connectivity index (χ4n) is 3.47. The molecule has 0 spiro atoms. The Balaban J connectivity index is 1.52. The molecule has 1 amide bonds. The Morgan fingerprint density at radius 2 is 1.81 bits per heavy atom. The number of benzene rings is 2. The molecular formula is C22H22Cl3N5OS. The van der Waals surface area contributed by atoms with Crippen molar-refractivity contribution in [2.24, 2.45) is 5.10 Å². The van der Waals surface area contributed by atoms with Crippen molar-refractivity contribution < 1.29 is 4.79 Å². The average Bonchev–Trinajstić information content (AvgIpc) is 3.22. The number of anilines is 2. The van der Waals surface area contributed by atoms with E-state index in [-0.39, 0.29) is 5.91 Å². The molecule has 2 heterocycles. The van der Waals surface area contributed by atoms with Crippen molar-refractivity contribution >= 4 is 78.8 Å². The van der Waals surface area contributed by atoms with Gasteiger partial charge in [-0.15, -0.1) is 0 Å². The molecule has 6 nitrogen and oxygen atoms in total. The predicted octanol–water partition coefficient (Wildman–Crippen LogP) is 6.42. The molecular weight excluding hydrogens is 489 g/mol. The lowest BCUT2D eigenvalue weighted by Gasteiger charge is -2.36. The molecule has 4 rings (SSSR count). The van der Waals surface area contributed by atoms with Gasteiger partial charge in [-0.05, 0) is 43.7 Å². The molecule has 0 atom stereocenters. The van der Waals surface area contributed by atoms with Crippen LogP contribution < -0.4 is 10.3 Å². The van der Waals surface area contributed by atoms with E-state index in [1.54, 1.807) is 18.2 Å². The summed E-state index contributed by atoms with van der Waals surface area (Å²) in [6.07, 6.45) is 0.875. The molecule has 0 bridgehead atoms. The number of amides is 1. The maximum atomic E-state index is 12.9. The number of hydrogen-bond donors (Lipinski definition) is 1. The smallest absolute Gasteiger partial charge is 0.254 e. The Morgan fingerprint density at radius 1 is 1.09 bits per heavy atom. The van der Waals surface area contributed by atoms with E-state index in [4.69, 9.17) is 39.8 Å². The number of carbonyl (C=O) groups excluding carboxylic acids is 1. The van der Waals surface area contributed by atoms with Crippen molar-refractivity contribution in [2.45, 2.75) is 20.3 Å². The normalized spacial score (nSPS) is 14.8. The summed E-state index contributed by atoms with van der Waals surface area (Å²) >= 11 is 20.2. The highest BCUT2D eigenvalue weighted by molar-refractivity contribution is 7.22. The second kappa shape index (κ2) is 9.83. The number of piperazine rings is 1. The van der Waals surface area contributed by atoms with Gasteiger partial charge < -0.3 is 9.80 Å². The molecule has 1 saturated heterocycles. The number of hydrazone groups is 1. The van der Waals surface area contributed by atoms with Gasteiger partial charge in [-0.1, -0.05) is 53.1 Å². The van der Waals surface area contributed by atoms with E-state index >= 15 is 0 Å². The second-order valence-electron chi connectivity index (χ2n) is 7.48. The zero-order valence-electron chi connectivity index (χ0n) is 17.7. The number of nitrogens with zero attached hydrogens (tertiary/aromatic N) is 4. The van der Waals surface area contributed by atoms with Gasteiger partial charge in [0.05, 0.1) is 25.5 Å². The molecule has 0 unspecified atom stereocenters. The molecule has 1 fully saturated rings. The van der Waals surface area contributed by atoms with Crippen molar-refractivity contribution in [1.82, 2.24) is 9.88 Å². The van der Waals surface area contributed by atoms with Crippen molar-refractivity contribution in [2.75, 3.05) is 36.5 Å². The Labute approximate surface area is 205 Å². The molecule has 168 valence electrons. The lowest BCUT2D eigenvalue weighted by molar-refractivity contribution is 0.0747. The maximum Gasteiger partial charge on any atom is 0.254 e. The fourth-order valence-corrected chi connectivity index (χ4v) is 4.85. The van der Waals surface area contributed by atoms with E-state index in [1.807, 2.05) is 24.0 Å². The van der Waals surface area contributed by atoms with Crippen molar-refractivity contribution in [3.05, 3.63) is 51.0 Å². The first-order valence-electron chi connectivity index (χ1n) is 10.2. The Hall–Kier alpha value is -2.06. The highest BCUT2D eigenvalue weighted by atomic mass is 35.5. The molecule has 10 heteroatoms. The first-order chi connectivity index (χ1) is 15.4. The zero-order valence-corrected chi connectivity index (χ0v) is 20.7. The zero-order chi connectivity index (χ0) is 22.8. The van der Waals surface area contributed by atoms with E-state index < -0.39 is 0 Å². The second-order valence-corrected chi connectivity index (χ2v) is 9.73. The molecule has 0 saturated carbocycles. The van der Waals surface area contributed by atoms with Crippen LogP contribution in [0, 0.1) is 0 Å². The third-order valence-corrected chi connectivity index (χ3v) is 7.36. The molecule has 1 N–H and O–H groups in total. The fraction of sp³-hybridized carbons (Fsp3) is 0.318. The third-order valence-electron chi connectivity index (χ3n) is 5.39. The lowest BCUT2D eigenvalue weighted by atomic mass is 10.1. The van der Waals surface area contributed by atoms with Crippen molar-refractivity contribution in [1.29, 1.82) is 0 Å². The van der Waals surface area contributed by atoms with Crippen molar-refractivity contribution in [3.63, 3.8) is 0 Å². The summed E-state index contributed by atoms with van der Waals surface area (Å²) in [5.74, 6) is -0.0585. The van der Waals surface area contributed by atoms with E-state index in [0.717, 1.165) is 33.2 Å². The molecule has 2 aromatic carbocycles. The monoisotopic (exact) mass is 509 g/mol. The largest absolute Gasteiger partial charge is 0.365 e. The number of thiazole rings is 1. The predicted molar refractivity (Wildman–Crippen MR) is 136 cm³/mol. The molecule has 1 aliphatic heterocycles. The van der Waals surface area contributed by atoms with E-state index in [1.165, 1.54) is 11.3 Å². The number of halogens is 3. The van der Waals surface area contributed by atoms with Gasteiger partial charge in [-0.25, -0.2) is 4.98 Å². The van der Waals surface area contributed by atoms with E-state index in [2.05, 4.69) is 22.4 Å². The van der Waals surface area contributed by atoms with Crippen LogP contribution in [0.1, 0.15) is 30.6 Å². The van der Waals surface area contributed by atoms with Crippen LogP contribution in [0.3, 0.4) is 0 Å². The van der Waals surface area contributed by atoms with Gasteiger partial charge in [0, 0.05) is 37.5 Å². The Kier molecular flexibility index (Phi) is 7.10. The topological polar surface area (TPSA) is 60.8 Å². The van der Waals surface area contributed by atoms with Crippen LogP contribution in [0.25, 0.3) is 10.2 Å². The molecule has 1 aromatic heterocycles. The van der Waals surface area contributed by atoms with E-state index in [9.17, 15) is 4.79 Å². The quantitative estimate of drug-likeness (QED) is 0.318. The number of hydrogen-bond acceptors (Lipinski definition) is 6. The molecule has 3 aromatic rings. The standard InChI is InChI=1S/C22H22Cl3N5OS/c1-3-13(2)27-28-22-26-19-18(32-22)7-6-16(24)20(19)29-8-10-30(11-9-29)21(31)14-4-5-15(23)17(25)12-14/h4-7,12H,3,8-11H2,1-2H3,(H,26,28)/b27-13+. The summed E-state index contributed by atoms with van der Waals surface area (Å²) in [4.78, 5) is 21.6. The minimum absolute atomic E-state index is 0.0585. The van der Waals surface area contributed by atoms with E-state index in [0.29, 0.717) is 46.8 Å². The maximum absolute atomic E-state index is 12.9. The van der Waals surface area contributed by atoms with Gasteiger partial charge in [0.1, 0.15) is 5.52 Å². The minimum atomic E-state index is -0.0585. The molecule has 0 aliphatic carbocycles. The van der Waals surface area contributed by atoms with Crippen molar-refractivity contribution in [3.8, 4) is 0 Å². The summed E-state index contributed by atoms with van der Waals surface area (Å²) in [7, 11) is 0. The van der Waals surface area contributed by atoms with Crippen LogP contribution in [0.5, 0.6) is 0 Å². The third kappa shape index (κ3) is 4.81. The summed E-state index contributed by atoms with van der Waals surface area (Å²) in [5.41, 5.74) is 6.32. The first kappa shape index (κ1) is 23.1. The summed E-state index contributed by atoms with van der Waals surface area (Å²) < 4.78 is 1.03. The summed E-state index contributed by atoms with van der Waals surface area (Å²) in [6, 6.07) is 8.84. The molecule has 0 radical (unpaired) electrons. The minimum Gasteiger partial charge on any atom is -0.365 e. The van der Waals surface area contributed by atoms with Gasteiger partial charge in [0.25, 0.3) is 5.91 Å². The number of aromatic nitrogens is 1. The van der Waals surface area contributed by atoms with Gasteiger partial charge in [-0.3, -0.25) is 10.2 Å². The molecule has 32 heavy (non-hydrogen) atoms. The lowest BCUT2D eigenvalue weighted by Crippen LogP contribution is -2.49. The average molecular weight is 511 g/mol. The highest BCUT2D eigenvalue weighted by Crippen LogP contribution is 2.38. The van der Waals surface area contributed by atoms with Crippen LogP contribution >= 0.6 is 46.1 Å². The van der Waals surface area contributed by atoms with Crippen LogP contribution in [-0.4, -0.2) is 47.7 Å². The van der Waals surface area contributed by atoms with Crippen LogP contribution in [0.15, 0.2) is 35.4 Å². The number of carbonyl (C=O) groups is 1. The van der Waals surface area contributed by atoms with Crippen LogP contribution in [0.4, 0.5) is 10.8 Å². The highest BCUT2D eigenvalue weighted by Gasteiger charge is 2.26. The Morgan fingerprint density at radius 3 is 2.50 bits per heavy atom. The van der Waals surface area contributed by atoms with Gasteiger partial charge in [0.2, 0.25) is 5.13 Å². The molecule has 1 aliphatic rings. The van der Waals surface area contributed by atoms with Gasteiger partial charge in [-0.2, -0.15) is 5.10 Å². The first-order valence-corrected chi connectivity index (χ1v) is 12.2. The summed E-state index contributed by atoms with van der Waals surface area (Å²) in [6.45, 7) is 6.48.